The molecular weight excluding hydrogens is 306 g/mol. The SMILES string of the molecule is Cc1nc(S(=O)(=O)N2CCOC[C@@H]2[C@H]2CCC[C@H]2O)cn1C. The number of nitrogens with zero attached hydrogens (tertiary/aromatic N) is 3. The van der Waals surface area contributed by atoms with Gasteiger partial charge in [0, 0.05) is 25.7 Å². The number of rotatable bonds is 3. The fourth-order valence-corrected chi connectivity index (χ4v) is 5.10. The second kappa shape index (κ2) is 5.92. The molecule has 1 saturated heterocycles. The van der Waals surface area contributed by atoms with Gasteiger partial charge in [-0.05, 0) is 19.8 Å². The van der Waals surface area contributed by atoms with E-state index in [0.29, 0.717) is 25.6 Å². The monoisotopic (exact) mass is 329 g/mol. The highest BCUT2D eigenvalue weighted by Gasteiger charge is 2.43. The Labute approximate surface area is 131 Å². The summed E-state index contributed by atoms with van der Waals surface area (Å²) in [5.74, 6) is 0.601. The van der Waals surface area contributed by atoms with Crippen molar-refractivity contribution in [2.45, 2.75) is 43.4 Å². The van der Waals surface area contributed by atoms with Crippen molar-refractivity contribution in [3.63, 3.8) is 0 Å². The van der Waals surface area contributed by atoms with E-state index in [4.69, 9.17) is 4.74 Å². The molecule has 0 radical (unpaired) electrons. The van der Waals surface area contributed by atoms with Crippen LogP contribution in [0.15, 0.2) is 11.2 Å². The average molecular weight is 329 g/mol. The van der Waals surface area contributed by atoms with E-state index in [1.54, 1.807) is 24.7 Å². The first-order valence-corrected chi connectivity index (χ1v) is 9.13. The normalized spacial score (nSPS) is 30.8. The van der Waals surface area contributed by atoms with Gasteiger partial charge in [0.15, 0.2) is 5.03 Å². The van der Waals surface area contributed by atoms with E-state index in [1.165, 1.54) is 4.31 Å². The van der Waals surface area contributed by atoms with Gasteiger partial charge in [0.25, 0.3) is 10.0 Å². The molecule has 3 rings (SSSR count). The number of ether oxygens (including phenoxy) is 1. The van der Waals surface area contributed by atoms with E-state index in [2.05, 4.69) is 4.98 Å². The van der Waals surface area contributed by atoms with Crippen LogP contribution in [0.3, 0.4) is 0 Å². The number of hydrogen-bond acceptors (Lipinski definition) is 5. The highest BCUT2D eigenvalue weighted by atomic mass is 32.2. The van der Waals surface area contributed by atoms with Crippen molar-refractivity contribution in [3.8, 4) is 0 Å². The Kier molecular flexibility index (Phi) is 4.28. The summed E-state index contributed by atoms with van der Waals surface area (Å²) in [6, 6.07) is -0.307. The molecule has 0 spiro atoms. The largest absolute Gasteiger partial charge is 0.393 e. The van der Waals surface area contributed by atoms with E-state index >= 15 is 0 Å². The van der Waals surface area contributed by atoms with E-state index in [-0.39, 0.29) is 17.0 Å². The molecule has 2 heterocycles. The van der Waals surface area contributed by atoms with Crippen LogP contribution in [0.4, 0.5) is 0 Å². The van der Waals surface area contributed by atoms with Gasteiger partial charge in [-0.3, -0.25) is 0 Å². The predicted octanol–water partition coefficient (Wildman–Crippen LogP) is 0.279. The van der Waals surface area contributed by atoms with Crippen molar-refractivity contribution < 1.29 is 18.3 Å². The van der Waals surface area contributed by atoms with E-state index in [9.17, 15) is 13.5 Å². The fraction of sp³-hybridized carbons (Fsp3) is 0.786. The molecule has 1 aromatic rings. The number of morpholine rings is 1. The quantitative estimate of drug-likeness (QED) is 0.861. The summed E-state index contributed by atoms with van der Waals surface area (Å²) in [5, 5.41) is 10.2. The van der Waals surface area contributed by atoms with Crippen molar-refractivity contribution in [2.75, 3.05) is 19.8 Å². The molecule has 1 aliphatic carbocycles. The maximum absolute atomic E-state index is 12.9. The van der Waals surface area contributed by atoms with Gasteiger partial charge in [-0.1, -0.05) is 6.42 Å². The number of aliphatic hydroxyl groups excluding tert-OH is 1. The standard InChI is InChI=1S/C14H23N3O4S/c1-10-15-14(8-16(10)2)22(19,20)17-6-7-21-9-12(17)11-4-3-5-13(11)18/h8,11-13,18H,3-7,9H2,1-2H3/t11-,12-,13-/m1/s1. The van der Waals surface area contributed by atoms with Crippen molar-refractivity contribution in [1.82, 2.24) is 13.9 Å². The topological polar surface area (TPSA) is 84.7 Å². The first-order chi connectivity index (χ1) is 10.4. The molecule has 0 bridgehead atoms. The Hall–Kier alpha value is -0.960. The van der Waals surface area contributed by atoms with Crippen LogP contribution in [0.2, 0.25) is 0 Å². The Morgan fingerprint density at radius 2 is 2.18 bits per heavy atom. The van der Waals surface area contributed by atoms with Gasteiger partial charge >= 0.3 is 0 Å². The van der Waals surface area contributed by atoms with Gasteiger partial charge in [-0.2, -0.15) is 4.31 Å². The molecule has 2 aliphatic rings. The van der Waals surface area contributed by atoms with Gasteiger partial charge in [0.2, 0.25) is 0 Å². The maximum atomic E-state index is 12.9. The van der Waals surface area contributed by atoms with Crippen molar-refractivity contribution in [2.24, 2.45) is 13.0 Å². The second-order valence-corrected chi connectivity index (χ2v) is 7.99. The summed E-state index contributed by atoms with van der Waals surface area (Å²) in [6.45, 7) is 2.81. The molecular formula is C14H23N3O4S. The van der Waals surface area contributed by atoms with Crippen LogP contribution in [0.5, 0.6) is 0 Å². The van der Waals surface area contributed by atoms with E-state index in [1.807, 2.05) is 0 Å². The minimum atomic E-state index is -3.66. The molecule has 124 valence electrons. The number of hydrogen-bond donors (Lipinski definition) is 1. The lowest BCUT2D eigenvalue weighted by Gasteiger charge is -2.38. The second-order valence-electron chi connectivity index (χ2n) is 6.16. The van der Waals surface area contributed by atoms with Crippen LogP contribution >= 0.6 is 0 Å². The molecule has 1 aliphatic heterocycles. The molecule has 0 aromatic carbocycles. The first kappa shape index (κ1) is 15.9. The van der Waals surface area contributed by atoms with Gasteiger partial charge in [-0.25, -0.2) is 13.4 Å². The van der Waals surface area contributed by atoms with E-state index in [0.717, 1.165) is 19.3 Å². The van der Waals surface area contributed by atoms with Gasteiger partial charge in [0.05, 0.1) is 25.4 Å². The van der Waals surface area contributed by atoms with Crippen molar-refractivity contribution >= 4 is 10.0 Å². The summed E-state index contributed by atoms with van der Waals surface area (Å²) < 4.78 is 34.6. The average Bonchev–Trinajstić information content (AvgIpc) is 3.06. The number of aryl methyl sites for hydroxylation is 2. The van der Waals surface area contributed by atoms with Gasteiger partial charge < -0.3 is 14.4 Å². The zero-order valence-electron chi connectivity index (χ0n) is 13.0. The number of aromatic nitrogens is 2. The lowest BCUT2D eigenvalue weighted by molar-refractivity contribution is -0.0148. The Balaban J connectivity index is 1.92. The molecule has 1 saturated carbocycles. The minimum absolute atomic E-state index is 0.0557. The van der Waals surface area contributed by atoms with Crippen molar-refractivity contribution in [3.05, 3.63) is 12.0 Å². The molecule has 1 aromatic heterocycles. The summed E-state index contributed by atoms with van der Waals surface area (Å²) >= 11 is 0. The molecule has 8 heteroatoms. The van der Waals surface area contributed by atoms with Crippen LogP contribution < -0.4 is 0 Å². The Morgan fingerprint density at radius 1 is 1.41 bits per heavy atom. The fourth-order valence-electron chi connectivity index (χ4n) is 3.43. The molecule has 0 amide bonds. The number of imidazole rings is 1. The van der Waals surface area contributed by atoms with Gasteiger partial charge in [0.1, 0.15) is 5.82 Å². The molecule has 3 atom stereocenters. The Morgan fingerprint density at radius 3 is 2.77 bits per heavy atom. The van der Waals surface area contributed by atoms with Crippen LogP contribution in [-0.4, -0.2) is 59.3 Å². The molecule has 7 nitrogen and oxygen atoms in total. The van der Waals surface area contributed by atoms with Crippen molar-refractivity contribution in [1.29, 1.82) is 0 Å². The first-order valence-electron chi connectivity index (χ1n) is 7.69. The summed E-state index contributed by atoms with van der Waals surface area (Å²) in [6.07, 6.45) is 3.59. The van der Waals surface area contributed by atoms with Gasteiger partial charge in [-0.15, -0.1) is 0 Å². The summed E-state index contributed by atoms with van der Waals surface area (Å²) in [4.78, 5) is 4.17. The summed E-state index contributed by atoms with van der Waals surface area (Å²) in [5.41, 5.74) is 0. The lowest BCUT2D eigenvalue weighted by atomic mass is 9.96. The molecule has 0 unspecified atom stereocenters. The highest BCUT2D eigenvalue weighted by Crippen LogP contribution is 2.34. The number of sulfonamides is 1. The Bertz CT molecular complexity index is 623. The maximum Gasteiger partial charge on any atom is 0.262 e. The van der Waals surface area contributed by atoms with Crippen LogP contribution in [0.1, 0.15) is 25.1 Å². The third-order valence-electron chi connectivity index (χ3n) is 4.80. The third-order valence-corrected chi connectivity index (χ3v) is 6.60. The predicted molar refractivity (Wildman–Crippen MR) is 79.8 cm³/mol. The molecule has 1 N–H and O–H groups in total. The van der Waals surface area contributed by atoms with Crippen LogP contribution in [0.25, 0.3) is 0 Å². The summed E-state index contributed by atoms with van der Waals surface area (Å²) in [7, 11) is -1.89. The van der Waals surface area contributed by atoms with E-state index < -0.39 is 16.1 Å². The zero-order chi connectivity index (χ0) is 15.9. The van der Waals surface area contributed by atoms with Crippen LogP contribution in [-0.2, 0) is 21.8 Å². The molecule has 22 heavy (non-hydrogen) atoms. The minimum Gasteiger partial charge on any atom is -0.393 e. The zero-order valence-corrected chi connectivity index (χ0v) is 13.8. The number of aliphatic hydroxyl groups is 1. The smallest absolute Gasteiger partial charge is 0.262 e. The lowest BCUT2D eigenvalue weighted by Crippen LogP contribution is -2.53. The highest BCUT2D eigenvalue weighted by molar-refractivity contribution is 7.89. The third kappa shape index (κ3) is 2.68. The van der Waals surface area contributed by atoms with Crippen LogP contribution in [0, 0.1) is 12.8 Å². The molecule has 2 fully saturated rings.